The van der Waals surface area contributed by atoms with Crippen LogP contribution in [0.4, 0.5) is 0 Å². The van der Waals surface area contributed by atoms with Gasteiger partial charge in [-0.2, -0.15) is 0 Å². The lowest BCUT2D eigenvalue weighted by Crippen LogP contribution is -2.45. The number of methoxy groups -OCH3 is 1. The van der Waals surface area contributed by atoms with Crippen molar-refractivity contribution < 1.29 is 4.74 Å². The topological polar surface area (TPSA) is 48.6 Å². The molecule has 0 saturated carbocycles. The van der Waals surface area contributed by atoms with Crippen LogP contribution in [-0.2, 0) is 13.1 Å². The first-order valence-corrected chi connectivity index (χ1v) is 9.40. The third-order valence-electron chi connectivity index (χ3n) is 5.28. The molecule has 4 rings (SSSR count). The molecule has 3 aromatic rings. The number of benzene rings is 2. The molecule has 0 amide bonds. The van der Waals surface area contributed by atoms with Crippen molar-refractivity contribution in [1.29, 1.82) is 0 Å². The number of nitrogens with zero attached hydrogens (tertiary/aromatic N) is 2. The van der Waals surface area contributed by atoms with Gasteiger partial charge in [0.15, 0.2) is 0 Å². The first-order valence-electron chi connectivity index (χ1n) is 9.40. The van der Waals surface area contributed by atoms with Gasteiger partial charge < -0.3 is 9.72 Å². The summed E-state index contributed by atoms with van der Waals surface area (Å²) in [6.45, 7) is 5.49. The highest BCUT2D eigenvalue weighted by Gasteiger charge is 2.19. The molecule has 2 heterocycles. The number of ether oxygens (including phenoxy) is 1. The number of para-hydroxylation sites is 2. The van der Waals surface area contributed by atoms with Gasteiger partial charge in [0.2, 0.25) is 0 Å². The highest BCUT2D eigenvalue weighted by Crippen LogP contribution is 2.20. The molecule has 1 aliphatic heterocycles. The van der Waals surface area contributed by atoms with Gasteiger partial charge in [-0.05, 0) is 23.6 Å². The van der Waals surface area contributed by atoms with Crippen molar-refractivity contribution in [2.24, 2.45) is 0 Å². The van der Waals surface area contributed by atoms with Gasteiger partial charge in [-0.15, -0.1) is 0 Å². The molecule has 0 bridgehead atoms. The number of rotatable bonds is 5. The molecule has 5 nitrogen and oxygen atoms in total. The average molecular weight is 363 g/mol. The molecule has 1 saturated heterocycles. The van der Waals surface area contributed by atoms with E-state index in [0.717, 1.165) is 54.9 Å². The van der Waals surface area contributed by atoms with Gasteiger partial charge in [0.1, 0.15) is 5.75 Å². The summed E-state index contributed by atoms with van der Waals surface area (Å²) in [5.74, 6) is 0.947. The monoisotopic (exact) mass is 363 g/mol. The van der Waals surface area contributed by atoms with E-state index in [-0.39, 0.29) is 5.56 Å². The minimum Gasteiger partial charge on any atom is -0.496 e. The van der Waals surface area contributed by atoms with Crippen LogP contribution in [0.1, 0.15) is 11.1 Å². The van der Waals surface area contributed by atoms with E-state index in [0.29, 0.717) is 6.54 Å². The fourth-order valence-corrected chi connectivity index (χ4v) is 3.73. The van der Waals surface area contributed by atoms with Crippen molar-refractivity contribution in [1.82, 2.24) is 14.8 Å². The smallest absolute Gasteiger partial charge is 0.252 e. The number of fused-ring (bicyclic) bond motifs is 1. The van der Waals surface area contributed by atoms with Crippen LogP contribution in [0, 0.1) is 0 Å². The summed E-state index contributed by atoms with van der Waals surface area (Å²) in [5, 5.41) is 1.09. The van der Waals surface area contributed by atoms with Crippen molar-refractivity contribution in [2.75, 3.05) is 33.3 Å². The SMILES string of the molecule is COc1ccccc1CN1CCN(Cc2cc3ccccc3[nH]c2=O)CC1. The van der Waals surface area contributed by atoms with Crippen molar-refractivity contribution in [3.63, 3.8) is 0 Å². The van der Waals surface area contributed by atoms with Gasteiger partial charge in [0.25, 0.3) is 5.56 Å². The lowest BCUT2D eigenvalue weighted by Gasteiger charge is -2.34. The molecule has 5 heteroatoms. The van der Waals surface area contributed by atoms with Gasteiger partial charge in [-0.3, -0.25) is 14.6 Å². The van der Waals surface area contributed by atoms with Crippen LogP contribution in [-0.4, -0.2) is 48.1 Å². The molecule has 1 aromatic heterocycles. The number of hydrogen-bond acceptors (Lipinski definition) is 4. The molecule has 0 spiro atoms. The fraction of sp³-hybridized carbons (Fsp3) is 0.318. The Hall–Kier alpha value is -2.63. The van der Waals surface area contributed by atoms with Crippen molar-refractivity contribution in [3.8, 4) is 5.75 Å². The first kappa shape index (κ1) is 17.8. The Kier molecular flexibility index (Phi) is 5.23. The molecule has 0 unspecified atom stereocenters. The standard InChI is InChI=1S/C22H25N3O2/c1-27-21-9-5-3-7-18(21)15-24-10-12-25(13-11-24)16-19-14-17-6-2-4-8-20(17)23-22(19)26/h2-9,14H,10-13,15-16H2,1H3,(H,23,26). The van der Waals surface area contributed by atoms with Gasteiger partial charge in [0.05, 0.1) is 7.11 Å². The lowest BCUT2D eigenvalue weighted by molar-refractivity contribution is 0.121. The molecular weight excluding hydrogens is 338 g/mol. The van der Waals surface area contributed by atoms with Crippen LogP contribution >= 0.6 is 0 Å². The molecule has 0 aliphatic carbocycles. The van der Waals surface area contributed by atoms with Crippen molar-refractivity contribution >= 4 is 10.9 Å². The quantitative estimate of drug-likeness (QED) is 0.757. The minimum absolute atomic E-state index is 0.0187. The second kappa shape index (κ2) is 7.94. The van der Waals surface area contributed by atoms with Gasteiger partial charge in [0, 0.05) is 55.9 Å². The van der Waals surface area contributed by atoms with Crippen LogP contribution in [0.2, 0.25) is 0 Å². The summed E-state index contributed by atoms with van der Waals surface area (Å²) in [4.78, 5) is 20.2. The van der Waals surface area contributed by atoms with E-state index in [1.54, 1.807) is 7.11 Å². The lowest BCUT2D eigenvalue weighted by atomic mass is 10.1. The predicted octanol–water partition coefficient (Wildman–Crippen LogP) is 2.85. The van der Waals surface area contributed by atoms with E-state index in [9.17, 15) is 4.79 Å². The van der Waals surface area contributed by atoms with Crippen LogP contribution in [0.25, 0.3) is 10.9 Å². The minimum atomic E-state index is 0.0187. The maximum atomic E-state index is 12.4. The zero-order valence-corrected chi connectivity index (χ0v) is 15.6. The molecule has 2 aromatic carbocycles. The summed E-state index contributed by atoms with van der Waals surface area (Å²) < 4.78 is 5.46. The largest absolute Gasteiger partial charge is 0.496 e. The first-order chi connectivity index (χ1) is 13.2. The van der Waals surface area contributed by atoms with Crippen LogP contribution in [0.5, 0.6) is 5.75 Å². The highest BCUT2D eigenvalue weighted by atomic mass is 16.5. The second-order valence-corrected chi connectivity index (χ2v) is 7.08. The number of piperazine rings is 1. The number of H-pyrrole nitrogens is 1. The van der Waals surface area contributed by atoms with Crippen LogP contribution < -0.4 is 10.3 Å². The Morgan fingerprint density at radius 2 is 1.52 bits per heavy atom. The molecule has 1 fully saturated rings. The summed E-state index contributed by atoms with van der Waals surface area (Å²) >= 11 is 0. The van der Waals surface area contributed by atoms with E-state index in [4.69, 9.17) is 4.74 Å². The highest BCUT2D eigenvalue weighted by molar-refractivity contribution is 5.78. The molecule has 27 heavy (non-hydrogen) atoms. The zero-order valence-electron chi connectivity index (χ0n) is 15.6. The molecule has 1 aliphatic rings. The van der Waals surface area contributed by atoms with Crippen LogP contribution in [0.3, 0.4) is 0 Å². The number of nitrogens with one attached hydrogen (secondary N) is 1. The predicted molar refractivity (Wildman–Crippen MR) is 108 cm³/mol. The van der Waals surface area contributed by atoms with Crippen molar-refractivity contribution in [3.05, 3.63) is 76.1 Å². The van der Waals surface area contributed by atoms with E-state index in [1.807, 2.05) is 42.5 Å². The zero-order chi connectivity index (χ0) is 18.6. The third-order valence-corrected chi connectivity index (χ3v) is 5.28. The Labute approximate surface area is 159 Å². The van der Waals surface area contributed by atoms with E-state index in [2.05, 4.69) is 26.9 Å². The van der Waals surface area contributed by atoms with E-state index < -0.39 is 0 Å². The maximum Gasteiger partial charge on any atom is 0.252 e. The number of pyridine rings is 1. The second-order valence-electron chi connectivity index (χ2n) is 7.08. The van der Waals surface area contributed by atoms with Crippen LogP contribution in [0.15, 0.2) is 59.4 Å². The molecule has 0 atom stereocenters. The van der Waals surface area contributed by atoms with Gasteiger partial charge in [-0.25, -0.2) is 0 Å². The summed E-state index contributed by atoms with van der Waals surface area (Å²) in [6.07, 6.45) is 0. The van der Waals surface area contributed by atoms with Crippen molar-refractivity contribution in [2.45, 2.75) is 13.1 Å². The van der Waals surface area contributed by atoms with E-state index >= 15 is 0 Å². The molecule has 140 valence electrons. The number of hydrogen-bond donors (Lipinski definition) is 1. The Balaban J connectivity index is 1.38. The normalized spacial score (nSPS) is 15.9. The maximum absolute atomic E-state index is 12.4. The summed E-state index contributed by atoms with van der Waals surface area (Å²) in [5.41, 5.74) is 2.98. The third kappa shape index (κ3) is 4.04. The number of aromatic nitrogens is 1. The Morgan fingerprint density at radius 3 is 2.26 bits per heavy atom. The average Bonchev–Trinajstić information content (AvgIpc) is 2.70. The van der Waals surface area contributed by atoms with E-state index in [1.165, 1.54) is 5.56 Å². The van der Waals surface area contributed by atoms with Gasteiger partial charge >= 0.3 is 0 Å². The molecular formula is C22H25N3O2. The Bertz CT molecular complexity index is 974. The summed E-state index contributed by atoms with van der Waals surface area (Å²) in [7, 11) is 1.72. The summed E-state index contributed by atoms with van der Waals surface area (Å²) in [6, 6.07) is 18.1. The van der Waals surface area contributed by atoms with Gasteiger partial charge in [-0.1, -0.05) is 36.4 Å². The molecule has 0 radical (unpaired) electrons. The number of aromatic amines is 1. The molecule has 1 N–H and O–H groups in total. The Morgan fingerprint density at radius 1 is 0.889 bits per heavy atom. The fourth-order valence-electron chi connectivity index (χ4n) is 3.73.